The molecule has 0 heterocycles. The summed E-state index contributed by atoms with van der Waals surface area (Å²) in [5, 5.41) is 12.0. The monoisotopic (exact) mass is 367 g/mol. The van der Waals surface area contributed by atoms with Crippen molar-refractivity contribution in [3.63, 3.8) is 0 Å². The van der Waals surface area contributed by atoms with E-state index in [1.54, 1.807) is 13.8 Å². The molecule has 0 aliphatic heterocycles. The third kappa shape index (κ3) is 4.56. The Morgan fingerprint density at radius 2 is 2.04 bits per heavy atom. The maximum Gasteiger partial charge on any atom is 0.410 e. The van der Waals surface area contributed by atoms with E-state index >= 15 is 0 Å². The van der Waals surface area contributed by atoms with Gasteiger partial charge in [-0.2, -0.15) is 0 Å². The van der Waals surface area contributed by atoms with Gasteiger partial charge in [0.15, 0.2) is 0 Å². The lowest BCUT2D eigenvalue weighted by molar-refractivity contribution is -0.172. The molecule has 0 aromatic heterocycles. The second-order valence-corrected chi connectivity index (χ2v) is 7.79. The van der Waals surface area contributed by atoms with Crippen LogP contribution in [0.5, 0.6) is 0 Å². The number of carboxylic acid groups (broad SMARTS) is 1. The molecule has 1 saturated carbocycles. The number of fused-ring (bicyclic) bond motifs is 1. The molecule has 0 saturated heterocycles. The standard InChI is InChI=1S/C19H29NO6/c1-5-13-6-14-8-19(9-16(22)23,15(14)7-13)10-20-18(24)26-17(11(2)3)25-12(4)21/h7,11,14-15,17H,5-6,8-10H2,1-4H3,(H,20,24)(H,22,23)/t14-,15+,17+,19+/m0/s1. The Labute approximate surface area is 154 Å². The molecule has 2 N–H and O–H groups in total. The first-order valence-corrected chi connectivity index (χ1v) is 9.20. The van der Waals surface area contributed by atoms with Crippen molar-refractivity contribution in [3.8, 4) is 0 Å². The van der Waals surface area contributed by atoms with Gasteiger partial charge in [0, 0.05) is 24.8 Å². The van der Waals surface area contributed by atoms with Crippen molar-refractivity contribution in [2.75, 3.05) is 6.54 Å². The second kappa shape index (κ2) is 8.10. The molecule has 2 rings (SSSR count). The second-order valence-electron chi connectivity index (χ2n) is 7.79. The normalized spacial score (nSPS) is 27.8. The summed E-state index contributed by atoms with van der Waals surface area (Å²) in [4.78, 5) is 34.6. The number of rotatable bonds is 8. The zero-order valence-corrected chi connectivity index (χ0v) is 15.9. The first kappa shape index (κ1) is 20.3. The lowest BCUT2D eigenvalue weighted by atomic mass is 9.53. The molecule has 0 radical (unpaired) electrons. The van der Waals surface area contributed by atoms with Crippen LogP contribution in [-0.4, -0.2) is 36.0 Å². The number of carbonyl (C=O) groups excluding carboxylic acids is 2. The highest BCUT2D eigenvalue weighted by molar-refractivity contribution is 5.70. The Bertz CT molecular complexity index is 599. The van der Waals surface area contributed by atoms with Crippen LogP contribution in [0.15, 0.2) is 11.6 Å². The maximum absolute atomic E-state index is 12.1. The van der Waals surface area contributed by atoms with E-state index < -0.39 is 29.7 Å². The molecular formula is C19H29NO6. The Morgan fingerprint density at radius 3 is 2.58 bits per heavy atom. The zero-order valence-electron chi connectivity index (χ0n) is 15.9. The van der Waals surface area contributed by atoms with Gasteiger partial charge in [0.2, 0.25) is 0 Å². The predicted octanol–water partition coefficient (Wildman–Crippen LogP) is 3.10. The predicted molar refractivity (Wildman–Crippen MR) is 94.1 cm³/mol. The summed E-state index contributed by atoms with van der Waals surface area (Å²) in [7, 11) is 0. The van der Waals surface area contributed by atoms with Crippen LogP contribution < -0.4 is 5.32 Å². The molecular weight excluding hydrogens is 338 g/mol. The summed E-state index contributed by atoms with van der Waals surface area (Å²) in [5.74, 6) is -0.911. The largest absolute Gasteiger partial charge is 0.481 e. The molecule has 0 aromatic carbocycles. The molecule has 0 unspecified atom stereocenters. The number of carbonyl (C=O) groups is 3. The van der Waals surface area contributed by atoms with E-state index in [-0.39, 0.29) is 24.8 Å². The number of nitrogens with one attached hydrogen (secondary N) is 1. The number of esters is 1. The van der Waals surface area contributed by atoms with Gasteiger partial charge in [-0.15, -0.1) is 0 Å². The minimum Gasteiger partial charge on any atom is -0.481 e. The fourth-order valence-corrected chi connectivity index (χ4v) is 4.16. The Balaban J connectivity index is 1.97. The van der Waals surface area contributed by atoms with Gasteiger partial charge in [-0.25, -0.2) is 4.79 Å². The average Bonchev–Trinajstić information content (AvgIpc) is 2.88. The molecule has 26 heavy (non-hydrogen) atoms. The van der Waals surface area contributed by atoms with Crippen molar-refractivity contribution in [3.05, 3.63) is 11.6 Å². The van der Waals surface area contributed by atoms with Gasteiger partial charge in [-0.3, -0.25) is 9.59 Å². The van der Waals surface area contributed by atoms with Gasteiger partial charge in [-0.1, -0.05) is 32.4 Å². The van der Waals surface area contributed by atoms with Crippen molar-refractivity contribution < 1.29 is 29.0 Å². The zero-order chi connectivity index (χ0) is 19.5. The van der Waals surface area contributed by atoms with Crippen LogP contribution in [0.25, 0.3) is 0 Å². The van der Waals surface area contributed by atoms with Crippen LogP contribution in [0.1, 0.15) is 53.4 Å². The molecule has 2 aliphatic rings. The van der Waals surface area contributed by atoms with E-state index in [1.807, 2.05) is 0 Å². The topological polar surface area (TPSA) is 102 Å². The Hall–Kier alpha value is -2.05. The van der Waals surface area contributed by atoms with Crippen molar-refractivity contribution in [2.24, 2.45) is 23.2 Å². The molecule has 146 valence electrons. The SMILES string of the molecule is CCC1=C[C@@H]2[C@@H](C1)C[C@]2(CNC(=O)O[C@@H](OC(C)=O)C(C)C)CC(=O)O. The lowest BCUT2D eigenvalue weighted by Crippen LogP contribution is -2.53. The number of amides is 1. The highest BCUT2D eigenvalue weighted by Crippen LogP contribution is 2.59. The molecule has 0 spiro atoms. The first-order chi connectivity index (χ1) is 12.2. The number of hydrogen-bond acceptors (Lipinski definition) is 5. The highest BCUT2D eigenvalue weighted by atomic mass is 16.7. The number of allylic oxidation sites excluding steroid dienone is 2. The van der Waals surface area contributed by atoms with Crippen LogP contribution in [0.4, 0.5) is 4.79 Å². The Kier molecular flexibility index (Phi) is 6.31. The summed E-state index contributed by atoms with van der Waals surface area (Å²) in [5.41, 5.74) is 0.894. The average molecular weight is 367 g/mol. The van der Waals surface area contributed by atoms with Gasteiger partial charge < -0.3 is 19.9 Å². The van der Waals surface area contributed by atoms with Crippen molar-refractivity contribution in [1.29, 1.82) is 0 Å². The lowest BCUT2D eigenvalue weighted by Gasteiger charge is -2.51. The van der Waals surface area contributed by atoms with Gasteiger partial charge in [0.1, 0.15) is 0 Å². The van der Waals surface area contributed by atoms with E-state index in [0.717, 1.165) is 19.3 Å². The van der Waals surface area contributed by atoms with Crippen LogP contribution in [-0.2, 0) is 19.1 Å². The van der Waals surface area contributed by atoms with Gasteiger partial charge in [-0.05, 0) is 31.1 Å². The fourth-order valence-electron chi connectivity index (χ4n) is 4.16. The van der Waals surface area contributed by atoms with E-state index in [0.29, 0.717) is 5.92 Å². The number of ether oxygens (including phenoxy) is 2. The third-order valence-corrected chi connectivity index (χ3v) is 5.42. The van der Waals surface area contributed by atoms with Crippen LogP contribution >= 0.6 is 0 Å². The molecule has 4 atom stereocenters. The van der Waals surface area contributed by atoms with Gasteiger partial charge in [0.25, 0.3) is 6.29 Å². The first-order valence-electron chi connectivity index (χ1n) is 9.20. The summed E-state index contributed by atoms with van der Waals surface area (Å²) in [6, 6.07) is 0. The van der Waals surface area contributed by atoms with E-state index in [1.165, 1.54) is 12.5 Å². The summed E-state index contributed by atoms with van der Waals surface area (Å²) in [6.07, 6.45) is 3.33. The van der Waals surface area contributed by atoms with Crippen LogP contribution in [0.3, 0.4) is 0 Å². The number of aliphatic carboxylic acids is 1. The molecule has 0 bridgehead atoms. The highest BCUT2D eigenvalue weighted by Gasteiger charge is 2.55. The van der Waals surface area contributed by atoms with E-state index in [9.17, 15) is 19.5 Å². The number of carboxylic acids is 1. The fraction of sp³-hybridized carbons (Fsp3) is 0.737. The van der Waals surface area contributed by atoms with Crippen LogP contribution in [0.2, 0.25) is 0 Å². The minimum atomic E-state index is -0.963. The Morgan fingerprint density at radius 1 is 1.35 bits per heavy atom. The molecule has 1 amide bonds. The van der Waals surface area contributed by atoms with Gasteiger partial charge >= 0.3 is 18.0 Å². The molecule has 0 aromatic rings. The molecule has 1 fully saturated rings. The van der Waals surface area contributed by atoms with Crippen LogP contribution in [0, 0.1) is 23.2 Å². The maximum atomic E-state index is 12.1. The molecule has 2 aliphatic carbocycles. The van der Waals surface area contributed by atoms with Crippen molar-refractivity contribution in [1.82, 2.24) is 5.32 Å². The van der Waals surface area contributed by atoms with E-state index in [2.05, 4.69) is 18.3 Å². The number of alkyl carbamates (subject to hydrolysis) is 1. The summed E-state index contributed by atoms with van der Waals surface area (Å²) in [6.45, 7) is 7.15. The quantitative estimate of drug-likeness (QED) is 0.388. The number of hydrogen-bond donors (Lipinski definition) is 2. The smallest absolute Gasteiger partial charge is 0.410 e. The van der Waals surface area contributed by atoms with Crippen molar-refractivity contribution >= 4 is 18.0 Å². The molecule has 7 nitrogen and oxygen atoms in total. The van der Waals surface area contributed by atoms with E-state index in [4.69, 9.17) is 9.47 Å². The molecule has 7 heteroatoms. The summed E-state index contributed by atoms with van der Waals surface area (Å²) < 4.78 is 10.2. The third-order valence-electron chi connectivity index (χ3n) is 5.42. The minimum absolute atomic E-state index is 0.0134. The summed E-state index contributed by atoms with van der Waals surface area (Å²) >= 11 is 0. The van der Waals surface area contributed by atoms with Crippen molar-refractivity contribution in [2.45, 2.75) is 59.7 Å². The van der Waals surface area contributed by atoms with Gasteiger partial charge in [0.05, 0.1) is 6.42 Å².